The molecule has 2 amide bonds. The zero-order valence-corrected chi connectivity index (χ0v) is 20.7. The summed E-state index contributed by atoms with van der Waals surface area (Å²) in [7, 11) is -3.82. The van der Waals surface area contributed by atoms with Crippen molar-refractivity contribution in [2.45, 2.75) is 53.2 Å². The standard InChI is InChI=1S/C24H32FN3O4S/c1-16(2)26-24(30)19(5)27(14-20-11-7-8-12-21(20)25)23(29)15-28(33(6,31)32)22-13-9-10-17(3)18(22)4/h7-13,16,19H,14-15H2,1-6H3,(H,26,30)/t19-/m0/s1. The van der Waals surface area contributed by atoms with E-state index < -0.39 is 40.2 Å². The quantitative estimate of drug-likeness (QED) is 0.601. The molecular formula is C24H32FN3O4S. The lowest BCUT2D eigenvalue weighted by molar-refractivity contribution is -0.139. The Balaban J connectivity index is 2.45. The van der Waals surface area contributed by atoms with Crippen molar-refractivity contribution in [3.8, 4) is 0 Å². The maximum Gasteiger partial charge on any atom is 0.244 e. The number of aryl methyl sites for hydroxylation is 1. The first-order chi connectivity index (χ1) is 15.3. The van der Waals surface area contributed by atoms with E-state index in [9.17, 15) is 22.4 Å². The number of hydrogen-bond acceptors (Lipinski definition) is 4. The molecule has 0 bridgehead atoms. The summed E-state index contributed by atoms with van der Waals surface area (Å²) in [6.07, 6.45) is 1.03. The van der Waals surface area contributed by atoms with Crippen LogP contribution in [0.2, 0.25) is 0 Å². The topological polar surface area (TPSA) is 86.8 Å². The van der Waals surface area contributed by atoms with Crippen molar-refractivity contribution in [2.75, 3.05) is 17.1 Å². The highest BCUT2D eigenvalue weighted by Crippen LogP contribution is 2.25. The first kappa shape index (κ1) is 26.3. The van der Waals surface area contributed by atoms with Crippen molar-refractivity contribution in [3.63, 3.8) is 0 Å². The van der Waals surface area contributed by atoms with Crippen LogP contribution >= 0.6 is 0 Å². The summed E-state index contributed by atoms with van der Waals surface area (Å²) in [6.45, 7) is 8.06. The molecular weight excluding hydrogens is 445 g/mol. The number of hydrogen-bond donors (Lipinski definition) is 1. The molecule has 33 heavy (non-hydrogen) atoms. The Morgan fingerprint density at radius 3 is 2.24 bits per heavy atom. The van der Waals surface area contributed by atoms with Crippen molar-refractivity contribution in [2.24, 2.45) is 0 Å². The molecule has 2 aromatic rings. The van der Waals surface area contributed by atoms with Gasteiger partial charge in [0.2, 0.25) is 21.8 Å². The van der Waals surface area contributed by atoms with Crippen molar-refractivity contribution in [3.05, 3.63) is 65.0 Å². The number of amides is 2. The fourth-order valence-corrected chi connectivity index (χ4v) is 4.30. The Hall–Kier alpha value is -2.94. The van der Waals surface area contributed by atoms with Gasteiger partial charge in [0, 0.05) is 18.2 Å². The summed E-state index contributed by atoms with van der Waals surface area (Å²) in [5.41, 5.74) is 2.21. The third kappa shape index (κ3) is 6.77. The molecule has 0 saturated carbocycles. The molecule has 1 atom stereocenters. The third-order valence-corrected chi connectivity index (χ3v) is 6.55. The van der Waals surface area contributed by atoms with Gasteiger partial charge in [-0.1, -0.05) is 30.3 Å². The van der Waals surface area contributed by atoms with Crippen LogP contribution in [0.1, 0.15) is 37.5 Å². The molecule has 0 aromatic heterocycles. The van der Waals surface area contributed by atoms with Gasteiger partial charge in [-0.25, -0.2) is 12.8 Å². The fourth-order valence-electron chi connectivity index (χ4n) is 3.40. The SMILES string of the molecule is Cc1cccc(N(CC(=O)N(Cc2ccccc2F)[C@@H](C)C(=O)NC(C)C)S(C)(=O)=O)c1C. The smallest absolute Gasteiger partial charge is 0.244 e. The maximum atomic E-state index is 14.4. The summed E-state index contributed by atoms with van der Waals surface area (Å²) < 4.78 is 40.6. The molecule has 1 N–H and O–H groups in total. The van der Waals surface area contributed by atoms with Crippen LogP contribution < -0.4 is 9.62 Å². The molecule has 2 aromatic carbocycles. The van der Waals surface area contributed by atoms with Gasteiger partial charge in [-0.3, -0.25) is 13.9 Å². The molecule has 0 aliphatic carbocycles. The molecule has 0 aliphatic rings. The Kier molecular flexibility index (Phi) is 8.60. The fraction of sp³-hybridized carbons (Fsp3) is 0.417. The lowest BCUT2D eigenvalue weighted by Crippen LogP contribution is -2.52. The van der Waals surface area contributed by atoms with Gasteiger partial charge in [-0.15, -0.1) is 0 Å². The van der Waals surface area contributed by atoms with E-state index in [2.05, 4.69) is 5.32 Å². The second kappa shape index (κ2) is 10.8. The Bertz CT molecular complexity index is 1120. The summed E-state index contributed by atoms with van der Waals surface area (Å²) in [6, 6.07) is 10.1. The molecule has 0 aliphatic heterocycles. The van der Waals surface area contributed by atoms with Crippen molar-refractivity contribution in [1.29, 1.82) is 0 Å². The van der Waals surface area contributed by atoms with E-state index in [-0.39, 0.29) is 18.2 Å². The van der Waals surface area contributed by atoms with E-state index >= 15 is 0 Å². The number of anilines is 1. The van der Waals surface area contributed by atoms with Gasteiger partial charge in [-0.05, 0) is 57.9 Å². The highest BCUT2D eigenvalue weighted by molar-refractivity contribution is 7.92. The van der Waals surface area contributed by atoms with Gasteiger partial charge < -0.3 is 10.2 Å². The van der Waals surface area contributed by atoms with Gasteiger partial charge in [-0.2, -0.15) is 0 Å². The first-order valence-electron chi connectivity index (χ1n) is 10.7. The van der Waals surface area contributed by atoms with Crippen molar-refractivity contribution in [1.82, 2.24) is 10.2 Å². The van der Waals surface area contributed by atoms with E-state index in [4.69, 9.17) is 0 Å². The zero-order valence-electron chi connectivity index (χ0n) is 19.9. The number of carbonyl (C=O) groups excluding carboxylic acids is 2. The summed E-state index contributed by atoms with van der Waals surface area (Å²) >= 11 is 0. The maximum absolute atomic E-state index is 14.4. The predicted octanol–water partition coefficient (Wildman–Crippen LogP) is 3.15. The van der Waals surface area contributed by atoms with Crippen LogP contribution in [0.5, 0.6) is 0 Å². The van der Waals surface area contributed by atoms with Gasteiger partial charge in [0.15, 0.2) is 0 Å². The highest BCUT2D eigenvalue weighted by Gasteiger charge is 2.31. The molecule has 0 unspecified atom stereocenters. The van der Waals surface area contributed by atoms with E-state index in [1.54, 1.807) is 45.9 Å². The van der Waals surface area contributed by atoms with Crippen LogP contribution in [0.15, 0.2) is 42.5 Å². The lowest BCUT2D eigenvalue weighted by atomic mass is 10.1. The lowest BCUT2D eigenvalue weighted by Gasteiger charge is -2.32. The predicted molar refractivity (Wildman–Crippen MR) is 128 cm³/mol. The molecule has 9 heteroatoms. The molecule has 7 nitrogen and oxygen atoms in total. The van der Waals surface area contributed by atoms with Crippen LogP contribution in [0.3, 0.4) is 0 Å². The van der Waals surface area contributed by atoms with Crippen LogP contribution in [0, 0.1) is 19.7 Å². The number of sulfonamides is 1. The minimum Gasteiger partial charge on any atom is -0.352 e. The largest absolute Gasteiger partial charge is 0.352 e. The summed E-state index contributed by atoms with van der Waals surface area (Å²) in [5.74, 6) is -1.54. The van der Waals surface area contributed by atoms with Gasteiger partial charge >= 0.3 is 0 Å². The van der Waals surface area contributed by atoms with Crippen molar-refractivity contribution >= 4 is 27.5 Å². The monoisotopic (exact) mass is 477 g/mol. The zero-order chi connectivity index (χ0) is 24.9. The van der Waals surface area contributed by atoms with Crippen LogP contribution in [-0.4, -0.2) is 50.0 Å². The van der Waals surface area contributed by atoms with E-state index in [1.165, 1.54) is 23.1 Å². The van der Waals surface area contributed by atoms with Crippen LogP contribution in [0.4, 0.5) is 10.1 Å². The molecule has 0 heterocycles. The minimum absolute atomic E-state index is 0.159. The van der Waals surface area contributed by atoms with E-state index in [0.717, 1.165) is 21.7 Å². The highest BCUT2D eigenvalue weighted by atomic mass is 32.2. The number of nitrogens with zero attached hydrogens (tertiary/aromatic N) is 2. The van der Waals surface area contributed by atoms with Gasteiger partial charge in [0.05, 0.1) is 11.9 Å². The number of nitrogens with one attached hydrogen (secondary N) is 1. The molecule has 0 saturated heterocycles. The van der Waals surface area contributed by atoms with Crippen molar-refractivity contribution < 1.29 is 22.4 Å². The number of rotatable bonds is 9. The average molecular weight is 478 g/mol. The Morgan fingerprint density at radius 2 is 1.67 bits per heavy atom. The minimum atomic E-state index is -3.82. The van der Waals surface area contributed by atoms with Crippen LogP contribution in [0.25, 0.3) is 0 Å². The second-order valence-electron chi connectivity index (χ2n) is 8.44. The van der Waals surface area contributed by atoms with Crippen LogP contribution in [-0.2, 0) is 26.2 Å². The van der Waals surface area contributed by atoms with E-state index in [1.807, 2.05) is 13.0 Å². The number of carbonyl (C=O) groups is 2. The average Bonchev–Trinajstić information content (AvgIpc) is 2.71. The number of benzene rings is 2. The molecule has 0 radical (unpaired) electrons. The van der Waals surface area contributed by atoms with Gasteiger partial charge in [0.25, 0.3) is 0 Å². The summed E-state index contributed by atoms with van der Waals surface area (Å²) in [4.78, 5) is 27.3. The molecule has 2 rings (SSSR count). The molecule has 0 spiro atoms. The third-order valence-electron chi connectivity index (χ3n) is 5.42. The van der Waals surface area contributed by atoms with E-state index in [0.29, 0.717) is 5.69 Å². The molecule has 180 valence electrons. The van der Waals surface area contributed by atoms with Gasteiger partial charge in [0.1, 0.15) is 18.4 Å². The normalized spacial score (nSPS) is 12.4. The Labute approximate surface area is 195 Å². The first-order valence-corrected chi connectivity index (χ1v) is 12.5. The second-order valence-corrected chi connectivity index (χ2v) is 10.3. The number of halogens is 1. The summed E-state index contributed by atoms with van der Waals surface area (Å²) in [5, 5.41) is 2.75. The molecule has 0 fully saturated rings. The Morgan fingerprint density at radius 1 is 1.03 bits per heavy atom.